The van der Waals surface area contributed by atoms with Crippen LogP contribution in [0.2, 0.25) is 0 Å². The third-order valence-corrected chi connectivity index (χ3v) is 6.51. The Morgan fingerprint density at radius 1 is 1.23 bits per heavy atom. The van der Waals surface area contributed by atoms with E-state index in [1.54, 1.807) is 23.6 Å². The fourth-order valence-electron chi connectivity index (χ4n) is 3.74. The average molecular weight is 426 g/mol. The quantitative estimate of drug-likeness (QED) is 0.497. The number of anilines is 1. The molecule has 30 heavy (non-hydrogen) atoms. The first-order valence-electron chi connectivity index (χ1n) is 9.63. The molecule has 0 radical (unpaired) electrons. The highest BCUT2D eigenvalue weighted by Gasteiger charge is 2.45. The van der Waals surface area contributed by atoms with Gasteiger partial charge in [-0.25, -0.2) is 14.1 Å². The van der Waals surface area contributed by atoms with Crippen LogP contribution in [-0.2, 0) is 9.53 Å². The second-order valence-electron chi connectivity index (χ2n) is 7.01. The van der Waals surface area contributed by atoms with Crippen LogP contribution in [0.4, 0.5) is 9.52 Å². The summed E-state index contributed by atoms with van der Waals surface area (Å²) < 4.78 is 21.1. The molecule has 1 aromatic heterocycles. The zero-order chi connectivity index (χ0) is 21.4. The number of esters is 1. The number of ether oxygens (including phenoxy) is 1. The van der Waals surface area contributed by atoms with Gasteiger partial charge in [0.05, 0.1) is 13.7 Å². The van der Waals surface area contributed by atoms with Gasteiger partial charge in [0.2, 0.25) is 0 Å². The Bertz CT molecular complexity index is 1140. The van der Waals surface area contributed by atoms with Crippen LogP contribution in [0, 0.1) is 5.82 Å². The van der Waals surface area contributed by atoms with Crippen LogP contribution in [0.25, 0.3) is 10.4 Å². The highest BCUT2D eigenvalue weighted by Crippen LogP contribution is 2.44. The van der Waals surface area contributed by atoms with Crippen LogP contribution in [-0.4, -0.2) is 24.7 Å². The Hall–Kier alpha value is -3.19. The second kappa shape index (κ2) is 7.91. The van der Waals surface area contributed by atoms with Gasteiger partial charge in [0.15, 0.2) is 6.04 Å². The van der Waals surface area contributed by atoms with E-state index in [1.807, 2.05) is 49.2 Å². The van der Waals surface area contributed by atoms with E-state index in [-0.39, 0.29) is 12.5 Å². The van der Waals surface area contributed by atoms with Crippen molar-refractivity contribution in [2.45, 2.75) is 19.9 Å². The van der Waals surface area contributed by atoms with Crippen LogP contribution >= 0.6 is 11.3 Å². The maximum atomic E-state index is 14.1. The normalized spacial score (nSPS) is 15.9. The summed E-state index contributed by atoms with van der Waals surface area (Å²) in [6.45, 7) is 3.80. The molecular formula is C23H22FN2O3S+. The average Bonchev–Trinajstić information content (AvgIpc) is 3.08. The summed E-state index contributed by atoms with van der Waals surface area (Å²) in [5.41, 5.74) is 2.49. The summed E-state index contributed by atoms with van der Waals surface area (Å²) in [4.78, 5) is 15.5. The standard InChI is InChI=1S/C23H21FN2O3S/c1-4-29-22(28)18-14(2)25(3)23-26(19(18)16-11-8-12-17(24)13-16)21(27)20(30-23)15-9-6-5-7-10-15/h5-13,19H,4H2,1-3H3/p+1. The van der Waals surface area contributed by atoms with E-state index in [0.717, 1.165) is 10.7 Å². The number of rotatable bonds is 4. The predicted octanol–water partition coefficient (Wildman–Crippen LogP) is 4.42. The zero-order valence-electron chi connectivity index (χ0n) is 16.9. The van der Waals surface area contributed by atoms with Gasteiger partial charge < -0.3 is 9.84 Å². The van der Waals surface area contributed by atoms with Crippen molar-refractivity contribution in [1.82, 2.24) is 0 Å². The van der Waals surface area contributed by atoms with E-state index < -0.39 is 17.8 Å². The second-order valence-corrected chi connectivity index (χ2v) is 7.99. The number of thiazole rings is 1. The third kappa shape index (κ3) is 3.25. The number of aromatic nitrogens is 1. The summed E-state index contributed by atoms with van der Waals surface area (Å²) >= 11 is 1.42. The molecule has 1 unspecified atom stereocenters. The van der Waals surface area contributed by atoms with E-state index in [1.165, 1.54) is 23.5 Å². The molecule has 0 spiro atoms. The minimum atomic E-state index is -0.709. The molecule has 154 valence electrons. The first-order chi connectivity index (χ1) is 14.4. The third-order valence-electron chi connectivity index (χ3n) is 5.24. The van der Waals surface area contributed by atoms with Gasteiger partial charge in [-0.15, -0.1) is 0 Å². The lowest BCUT2D eigenvalue weighted by molar-refractivity contribution is -0.695. The largest absolute Gasteiger partial charge is 0.477 e. The molecule has 7 heteroatoms. The highest BCUT2D eigenvalue weighted by molar-refractivity contribution is 7.18. The monoisotopic (exact) mass is 425 g/mol. The van der Waals surface area contributed by atoms with Gasteiger partial charge in [-0.05, 0) is 42.9 Å². The van der Waals surface area contributed by atoms with Gasteiger partial charge in [-0.1, -0.05) is 42.5 Å². The fraction of sp³-hybridized carbons (Fsp3) is 0.217. The lowest BCUT2D eigenvalue weighted by Gasteiger charge is -2.27. The van der Waals surface area contributed by atoms with Gasteiger partial charge >= 0.3 is 17.0 Å². The van der Waals surface area contributed by atoms with Crippen molar-refractivity contribution in [2.75, 3.05) is 18.6 Å². The van der Waals surface area contributed by atoms with Crippen molar-refractivity contribution in [3.05, 3.63) is 77.2 Å². The number of allylic oxidation sites excluding steroid dienone is 1. The molecule has 1 N–H and O–H groups in total. The lowest BCUT2D eigenvalue weighted by atomic mass is 9.94. The predicted molar refractivity (Wildman–Crippen MR) is 114 cm³/mol. The van der Waals surface area contributed by atoms with Crippen LogP contribution < -0.4 is 9.47 Å². The molecule has 0 amide bonds. The molecule has 3 aromatic rings. The number of halogens is 1. The van der Waals surface area contributed by atoms with E-state index in [0.29, 0.717) is 21.7 Å². The van der Waals surface area contributed by atoms with E-state index in [2.05, 4.69) is 0 Å². The Balaban J connectivity index is 1.98. The van der Waals surface area contributed by atoms with E-state index >= 15 is 0 Å². The first kappa shape index (κ1) is 20.1. The van der Waals surface area contributed by atoms with Crippen molar-refractivity contribution < 1.29 is 23.6 Å². The number of carbonyl (C=O) groups excluding carboxylic acids is 1. The molecule has 2 heterocycles. The van der Waals surface area contributed by atoms with Crippen molar-refractivity contribution in [3.63, 3.8) is 0 Å². The smallest absolute Gasteiger partial charge is 0.345 e. The van der Waals surface area contributed by atoms with Gasteiger partial charge in [0.1, 0.15) is 22.0 Å². The van der Waals surface area contributed by atoms with Crippen LogP contribution in [0.3, 0.4) is 0 Å². The topological polar surface area (TPSA) is 53.6 Å². The lowest BCUT2D eigenvalue weighted by Crippen LogP contribution is -2.50. The van der Waals surface area contributed by atoms with Crippen LogP contribution in [0.5, 0.6) is 5.88 Å². The van der Waals surface area contributed by atoms with Gasteiger partial charge in [0.25, 0.3) is 0 Å². The molecule has 5 nitrogen and oxygen atoms in total. The number of fused-ring (bicyclic) bond motifs is 1. The molecule has 1 aliphatic heterocycles. The number of aromatic hydroxyl groups is 1. The molecular weight excluding hydrogens is 403 g/mol. The zero-order valence-corrected chi connectivity index (χ0v) is 17.7. The van der Waals surface area contributed by atoms with Crippen LogP contribution in [0.15, 0.2) is 65.9 Å². The molecule has 0 saturated heterocycles. The van der Waals surface area contributed by atoms with Crippen LogP contribution in [0.1, 0.15) is 25.5 Å². The maximum absolute atomic E-state index is 14.1. The molecule has 1 atom stereocenters. The summed E-state index contributed by atoms with van der Waals surface area (Å²) in [7, 11) is 1.84. The minimum Gasteiger partial charge on any atom is -0.477 e. The number of nitrogens with zero attached hydrogens (tertiary/aromatic N) is 2. The summed E-state index contributed by atoms with van der Waals surface area (Å²) in [5.74, 6) is -0.870. The Kier molecular flexibility index (Phi) is 5.30. The fourth-order valence-corrected chi connectivity index (χ4v) is 4.93. The Morgan fingerprint density at radius 2 is 1.97 bits per heavy atom. The van der Waals surface area contributed by atoms with E-state index in [4.69, 9.17) is 4.74 Å². The number of benzene rings is 2. The number of hydrogen-bond donors (Lipinski definition) is 1. The maximum Gasteiger partial charge on any atom is 0.345 e. The van der Waals surface area contributed by atoms with Crippen molar-refractivity contribution in [3.8, 4) is 16.3 Å². The number of carbonyl (C=O) groups is 1. The Labute approximate surface area is 178 Å². The first-order valence-corrected chi connectivity index (χ1v) is 10.5. The highest BCUT2D eigenvalue weighted by atomic mass is 32.1. The summed E-state index contributed by atoms with van der Waals surface area (Å²) in [6, 6.07) is 14.9. The van der Waals surface area contributed by atoms with E-state index in [9.17, 15) is 14.3 Å². The van der Waals surface area contributed by atoms with Crippen molar-refractivity contribution in [2.24, 2.45) is 0 Å². The molecule has 0 bridgehead atoms. The number of hydrogen-bond acceptors (Lipinski definition) is 5. The van der Waals surface area contributed by atoms with Gasteiger partial charge in [-0.2, -0.15) is 4.57 Å². The molecule has 0 aliphatic carbocycles. The molecule has 0 fully saturated rings. The van der Waals surface area contributed by atoms with Gasteiger partial charge in [-0.3, -0.25) is 0 Å². The van der Waals surface area contributed by atoms with Gasteiger partial charge in [0, 0.05) is 5.56 Å². The summed E-state index contributed by atoms with van der Waals surface area (Å²) in [6.07, 6.45) is 0. The molecule has 0 saturated carbocycles. The SMILES string of the molecule is CCOC(=O)C1=C(C)N(C)c2sc(-c3ccccc3)c(O)[n+]2C1c1cccc(F)c1. The van der Waals surface area contributed by atoms with Crippen molar-refractivity contribution >= 4 is 22.4 Å². The molecule has 2 aromatic carbocycles. The minimum absolute atomic E-state index is 0.0246. The summed E-state index contributed by atoms with van der Waals surface area (Å²) in [5, 5.41) is 12.0. The van der Waals surface area contributed by atoms with Crippen molar-refractivity contribution in [1.29, 1.82) is 0 Å². The molecule has 4 rings (SSSR count). The Morgan fingerprint density at radius 3 is 2.63 bits per heavy atom. The molecule has 1 aliphatic rings.